The van der Waals surface area contributed by atoms with Crippen LogP contribution < -0.4 is 10.5 Å². The van der Waals surface area contributed by atoms with Gasteiger partial charge in [-0.25, -0.2) is 0 Å². The predicted molar refractivity (Wildman–Crippen MR) is 86.1 cm³/mol. The van der Waals surface area contributed by atoms with Crippen LogP contribution in [0.5, 0.6) is 5.75 Å². The number of nitrogens with zero attached hydrogens (tertiary/aromatic N) is 1. The van der Waals surface area contributed by atoms with Gasteiger partial charge in [-0.15, -0.1) is 0 Å². The van der Waals surface area contributed by atoms with Crippen LogP contribution in [0.15, 0.2) is 24.3 Å². The molecule has 3 heteroatoms. The SMILES string of the molecule is CCOc1ccc(C(N)CN(CC(C)C)C(C)C)cc1. The second kappa shape index (κ2) is 8.28. The average Bonchev–Trinajstić information content (AvgIpc) is 2.38. The number of benzene rings is 1. The van der Waals surface area contributed by atoms with Gasteiger partial charge in [-0.2, -0.15) is 0 Å². The first-order chi connectivity index (χ1) is 9.43. The molecule has 0 aromatic heterocycles. The van der Waals surface area contributed by atoms with Crippen molar-refractivity contribution in [2.45, 2.75) is 46.7 Å². The van der Waals surface area contributed by atoms with E-state index in [1.807, 2.05) is 19.1 Å². The van der Waals surface area contributed by atoms with Crippen molar-refractivity contribution in [2.24, 2.45) is 11.7 Å². The molecule has 20 heavy (non-hydrogen) atoms. The lowest BCUT2D eigenvalue weighted by Gasteiger charge is -2.30. The minimum absolute atomic E-state index is 0.0480. The lowest BCUT2D eigenvalue weighted by Crippen LogP contribution is -2.39. The highest BCUT2D eigenvalue weighted by Gasteiger charge is 2.16. The van der Waals surface area contributed by atoms with Crippen LogP contribution in [0, 0.1) is 5.92 Å². The first kappa shape index (κ1) is 17.0. The Balaban J connectivity index is 2.65. The second-order valence-corrected chi connectivity index (χ2v) is 6.05. The molecule has 0 fully saturated rings. The summed E-state index contributed by atoms with van der Waals surface area (Å²) < 4.78 is 5.46. The number of nitrogens with two attached hydrogens (primary N) is 1. The van der Waals surface area contributed by atoms with Gasteiger partial charge in [-0.1, -0.05) is 26.0 Å². The minimum Gasteiger partial charge on any atom is -0.494 e. The Kier molecular flexibility index (Phi) is 7.03. The zero-order valence-corrected chi connectivity index (χ0v) is 13.6. The number of ether oxygens (including phenoxy) is 1. The van der Waals surface area contributed by atoms with Crippen molar-refractivity contribution in [1.82, 2.24) is 4.90 Å². The van der Waals surface area contributed by atoms with Gasteiger partial charge in [0.2, 0.25) is 0 Å². The van der Waals surface area contributed by atoms with Gasteiger partial charge in [0, 0.05) is 25.2 Å². The highest BCUT2D eigenvalue weighted by Crippen LogP contribution is 2.18. The molecule has 0 saturated carbocycles. The van der Waals surface area contributed by atoms with Crippen molar-refractivity contribution in [3.05, 3.63) is 29.8 Å². The second-order valence-electron chi connectivity index (χ2n) is 6.05. The quantitative estimate of drug-likeness (QED) is 0.791. The number of hydrogen-bond acceptors (Lipinski definition) is 3. The van der Waals surface area contributed by atoms with Crippen LogP contribution in [-0.2, 0) is 0 Å². The summed E-state index contributed by atoms with van der Waals surface area (Å²) >= 11 is 0. The first-order valence-electron chi connectivity index (χ1n) is 7.66. The Morgan fingerprint density at radius 1 is 1.05 bits per heavy atom. The van der Waals surface area contributed by atoms with E-state index in [-0.39, 0.29) is 6.04 Å². The van der Waals surface area contributed by atoms with Crippen LogP contribution in [0.2, 0.25) is 0 Å². The Morgan fingerprint density at radius 2 is 1.65 bits per heavy atom. The molecule has 0 aliphatic heterocycles. The molecule has 0 bridgehead atoms. The molecule has 1 aromatic rings. The summed E-state index contributed by atoms with van der Waals surface area (Å²) in [5.41, 5.74) is 7.52. The molecule has 1 aromatic carbocycles. The number of hydrogen-bond donors (Lipinski definition) is 1. The van der Waals surface area contributed by atoms with Crippen molar-refractivity contribution < 1.29 is 4.74 Å². The summed E-state index contributed by atoms with van der Waals surface area (Å²) in [6, 6.07) is 8.72. The molecule has 0 radical (unpaired) electrons. The highest BCUT2D eigenvalue weighted by atomic mass is 16.5. The smallest absolute Gasteiger partial charge is 0.119 e. The van der Waals surface area contributed by atoms with E-state index < -0.39 is 0 Å². The van der Waals surface area contributed by atoms with E-state index in [4.69, 9.17) is 10.5 Å². The van der Waals surface area contributed by atoms with Gasteiger partial charge in [0.25, 0.3) is 0 Å². The van der Waals surface area contributed by atoms with E-state index in [2.05, 4.69) is 44.7 Å². The highest BCUT2D eigenvalue weighted by molar-refractivity contribution is 5.29. The van der Waals surface area contributed by atoms with Gasteiger partial charge in [0.1, 0.15) is 5.75 Å². The predicted octanol–water partition coefficient (Wildman–Crippen LogP) is 3.45. The van der Waals surface area contributed by atoms with E-state index in [1.54, 1.807) is 0 Å². The third-order valence-corrected chi connectivity index (χ3v) is 3.38. The summed E-state index contributed by atoms with van der Waals surface area (Å²) in [6.07, 6.45) is 0. The molecule has 1 rings (SSSR count). The van der Waals surface area contributed by atoms with Crippen LogP contribution >= 0.6 is 0 Å². The Bertz CT molecular complexity index is 373. The molecule has 3 nitrogen and oxygen atoms in total. The minimum atomic E-state index is 0.0480. The van der Waals surface area contributed by atoms with Gasteiger partial charge < -0.3 is 10.5 Å². The maximum atomic E-state index is 6.35. The van der Waals surface area contributed by atoms with Crippen LogP contribution in [0.25, 0.3) is 0 Å². The molecule has 114 valence electrons. The largest absolute Gasteiger partial charge is 0.494 e. The lowest BCUT2D eigenvalue weighted by atomic mass is 10.1. The number of rotatable bonds is 8. The van der Waals surface area contributed by atoms with Crippen LogP contribution in [-0.4, -0.2) is 30.6 Å². The third kappa shape index (κ3) is 5.51. The van der Waals surface area contributed by atoms with Crippen LogP contribution in [0.3, 0.4) is 0 Å². The Hall–Kier alpha value is -1.06. The van der Waals surface area contributed by atoms with Gasteiger partial charge in [0.15, 0.2) is 0 Å². The van der Waals surface area contributed by atoms with E-state index in [9.17, 15) is 0 Å². The monoisotopic (exact) mass is 278 g/mol. The van der Waals surface area contributed by atoms with Crippen molar-refractivity contribution >= 4 is 0 Å². The molecule has 0 heterocycles. The zero-order chi connectivity index (χ0) is 15.1. The first-order valence-corrected chi connectivity index (χ1v) is 7.66. The van der Waals surface area contributed by atoms with E-state index in [0.29, 0.717) is 18.6 Å². The van der Waals surface area contributed by atoms with Crippen LogP contribution in [0.1, 0.15) is 46.2 Å². The molecule has 0 saturated heterocycles. The molecule has 2 N–H and O–H groups in total. The maximum absolute atomic E-state index is 6.35. The van der Waals surface area contributed by atoms with Gasteiger partial charge >= 0.3 is 0 Å². The lowest BCUT2D eigenvalue weighted by molar-refractivity contribution is 0.186. The van der Waals surface area contributed by atoms with E-state index in [1.165, 1.54) is 5.56 Å². The van der Waals surface area contributed by atoms with Crippen molar-refractivity contribution in [3.8, 4) is 5.75 Å². The normalized spacial score (nSPS) is 13.2. The fourth-order valence-electron chi connectivity index (χ4n) is 2.30. The van der Waals surface area contributed by atoms with Crippen molar-refractivity contribution in [1.29, 1.82) is 0 Å². The summed E-state index contributed by atoms with van der Waals surface area (Å²) in [4.78, 5) is 2.45. The van der Waals surface area contributed by atoms with E-state index in [0.717, 1.165) is 18.8 Å². The molecule has 0 spiro atoms. The molecular formula is C17H30N2O. The molecule has 0 aliphatic rings. The van der Waals surface area contributed by atoms with Gasteiger partial charge in [0.05, 0.1) is 6.61 Å². The topological polar surface area (TPSA) is 38.5 Å². The molecule has 0 amide bonds. The third-order valence-electron chi connectivity index (χ3n) is 3.38. The van der Waals surface area contributed by atoms with Gasteiger partial charge in [-0.3, -0.25) is 4.90 Å². The molecule has 0 aliphatic carbocycles. The average molecular weight is 278 g/mol. The van der Waals surface area contributed by atoms with Crippen LogP contribution in [0.4, 0.5) is 0 Å². The molecule has 1 unspecified atom stereocenters. The maximum Gasteiger partial charge on any atom is 0.119 e. The summed E-state index contributed by atoms with van der Waals surface area (Å²) in [6.45, 7) is 13.6. The molecule has 1 atom stereocenters. The summed E-state index contributed by atoms with van der Waals surface area (Å²) in [5, 5.41) is 0. The standard InChI is InChI=1S/C17H30N2O/c1-6-20-16-9-7-15(8-10-16)17(18)12-19(14(4)5)11-13(2)3/h7-10,13-14,17H,6,11-12,18H2,1-5H3. The van der Waals surface area contributed by atoms with Gasteiger partial charge in [-0.05, 0) is 44.4 Å². The van der Waals surface area contributed by atoms with Crippen molar-refractivity contribution in [2.75, 3.05) is 19.7 Å². The summed E-state index contributed by atoms with van der Waals surface area (Å²) in [7, 11) is 0. The zero-order valence-electron chi connectivity index (χ0n) is 13.6. The fraction of sp³-hybridized carbons (Fsp3) is 0.647. The Labute approximate surface area is 124 Å². The summed E-state index contributed by atoms with van der Waals surface area (Å²) in [5.74, 6) is 1.57. The fourth-order valence-corrected chi connectivity index (χ4v) is 2.30. The van der Waals surface area contributed by atoms with Crippen molar-refractivity contribution in [3.63, 3.8) is 0 Å². The molecular weight excluding hydrogens is 248 g/mol. The van der Waals surface area contributed by atoms with E-state index >= 15 is 0 Å². The Morgan fingerprint density at radius 3 is 2.10 bits per heavy atom.